The first-order valence-corrected chi connectivity index (χ1v) is 8.35. The number of likely N-dealkylation sites (tertiary alicyclic amines) is 1. The zero-order valence-electron chi connectivity index (χ0n) is 13.9. The molecule has 1 saturated carbocycles. The van der Waals surface area contributed by atoms with E-state index in [-0.39, 0.29) is 17.7 Å². The van der Waals surface area contributed by atoms with Gasteiger partial charge >= 0.3 is 0 Å². The van der Waals surface area contributed by atoms with Crippen LogP contribution in [0.15, 0.2) is 6.07 Å². The van der Waals surface area contributed by atoms with Gasteiger partial charge in [0, 0.05) is 43.6 Å². The molecule has 0 unspecified atom stereocenters. The van der Waals surface area contributed by atoms with Crippen molar-refractivity contribution in [3.05, 3.63) is 29.1 Å². The van der Waals surface area contributed by atoms with E-state index in [1.165, 1.54) is 0 Å². The summed E-state index contributed by atoms with van der Waals surface area (Å²) < 4.78 is 15.2. The number of hydrogen-bond acceptors (Lipinski definition) is 4. The van der Waals surface area contributed by atoms with E-state index in [0.717, 1.165) is 24.4 Å². The molecule has 1 aliphatic heterocycles. The molecule has 3 heterocycles. The third-order valence-corrected chi connectivity index (χ3v) is 5.07. The Morgan fingerprint density at radius 3 is 2.83 bits per heavy atom. The number of nitrogens with zero attached hydrogens (tertiary/aromatic N) is 5. The van der Waals surface area contributed by atoms with E-state index in [0.29, 0.717) is 30.5 Å². The molecule has 1 aliphatic carbocycles. The minimum absolute atomic E-state index is 0.135. The molecule has 128 valence electrons. The Hall–Kier alpha value is -2.25. The zero-order chi connectivity index (χ0) is 16.8. The second-order valence-electron chi connectivity index (χ2n) is 6.88. The van der Waals surface area contributed by atoms with Gasteiger partial charge < -0.3 is 4.90 Å². The Labute approximate surface area is 139 Å². The van der Waals surface area contributed by atoms with Crippen molar-refractivity contribution >= 4 is 5.91 Å². The van der Waals surface area contributed by atoms with Gasteiger partial charge in [0.05, 0.1) is 6.67 Å². The molecule has 2 aliphatic rings. The molecule has 1 N–H and O–H groups in total. The third kappa shape index (κ3) is 2.59. The van der Waals surface area contributed by atoms with Crippen molar-refractivity contribution < 1.29 is 9.18 Å². The lowest BCUT2D eigenvalue weighted by Crippen LogP contribution is -2.29. The first kappa shape index (κ1) is 15.3. The van der Waals surface area contributed by atoms with E-state index in [4.69, 9.17) is 0 Å². The molecule has 0 spiro atoms. The van der Waals surface area contributed by atoms with Crippen LogP contribution in [0.1, 0.15) is 52.5 Å². The molecule has 2 atom stereocenters. The SMILES string of the molecule is Cc1cc(C(=O)N2C[C@@H](CF)[C@H](c3nc(C4CC4)n[nH]3)C2)nn1C. The number of rotatable bonds is 4. The molecule has 8 heteroatoms. The van der Waals surface area contributed by atoms with Crippen molar-refractivity contribution in [2.24, 2.45) is 13.0 Å². The van der Waals surface area contributed by atoms with Crippen LogP contribution in [0.4, 0.5) is 4.39 Å². The highest BCUT2D eigenvalue weighted by molar-refractivity contribution is 5.92. The fraction of sp³-hybridized carbons (Fsp3) is 0.625. The highest BCUT2D eigenvalue weighted by Crippen LogP contribution is 2.39. The summed E-state index contributed by atoms with van der Waals surface area (Å²) in [4.78, 5) is 18.9. The zero-order valence-corrected chi connectivity index (χ0v) is 13.9. The molecule has 7 nitrogen and oxygen atoms in total. The minimum atomic E-state index is -0.477. The average Bonchev–Trinajstić information content (AvgIpc) is 3.02. The van der Waals surface area contributed by atoms with E-state index in [1.807, 2.05) is 6.92 Å². The van der Waals surface area contributed by atoms with Crippen LogP contribution >= 0.6 is 0 Å². The second kappa shape index (κ2) is 5.68. The minimum Gasteiger partial charge on any atom is -0.336 e. The molecule has 1 saturated heterocycles. The maximum atomic E-state index is 13.5. The number of aromatic amines is 1. The number of H-pyrrole nitrogens is 1. The summed E-state index contributed by atoms with van der Waals surface area (Å²) in [6.45, 7) is 2.25. The predicted molar refractivity (Wildman–Crippen MR) is 84.4 cm³/mol. The summed E-state index contributed by atoms with van der Waals surface area (Å²) in [7, 11) is 1.80. The average molecular weight is 332 g/mol. The van der Waals surface area contributed by atoms with Crippen molar-refractivity contribution in [2.75, 3.05) is 19.8 Å². The van der Waals surface area contributed by atoms with Crippen LogP contribution in [0.5, 0.6) is 0 Å². The van der Waals surface area contributed by atoms with Crippen LogP contribution in [0.3, 0.4) is 0 Å². The lowest BCUT2D eigenvalue weighted by atomic mass is 9.97. The van der Waals surface area contributed by atoms with Gasteiger partial charge in [-0.05, 0) is 25.8 Å². The van der Waals surface area contributed by atoms with Crippen LogP contribution in [0.2, 0.25) is 0 Å². The molecular formula is C16H21FN6O. The Morgan fingerprint density at radius 1 is 1.42 bits per heavy atom. The topological polar surface area (TPSA) is 79.7 Å². The first-order valence-electron chi connectivity index (χ1n) is 8.35. The Bertz CT molecular complexity index is 745. The quantitative estimate of drug-likeness (QED) is 0.921. The maximum absolute atomic E-state index is 13.5. The van der Waals surface area contributed by atoms with E-state index in [1.54, 1.807) is 22.7 Å². The smallest absolute Gasteiger partial charge is 0.274 e. The van der Waals surface area contributed by atoms with Crippen molar-refractivity contribution in [3.8, 4) is 0 Å². The van der Waals surface area contributed by atoms with Crippen molar-refractivity contribution in [3.63, 3.8) is 0 Å². The maximum Gasteiger partial charge on any atom is 0.274 e. The van der Waals surface area contributed by atoms with Crippen molar-refractivity contribution in [2.45, 2.75) is 31.6 Å². The summed E-state index contributed by atoms with van der Waals surface area (Å²) >= 11 is 0. The van der Waals surface area contributed by atoms with Crippen molar-refractivity contribution in [1.82, 2.24) is 29.9 Å². The number of halogens is 1. The number of carbonyl (C=O) groups is 1. The fourth-order valence-corrected chi connectivity index (χ4v) is 3.31. The number of amides is 1. The number of carbonyl (C=O) groups excluding carboxylic acids is 1. The van der Waals surface area contributed by atoms with E-state index < -0.39 is 6.67 Å². The van der Waals surface area contributed by atoms with Crippen LogP contribution in [0.25, 0.3) is 0 Å². The van der Waals surface area contributed by atoms with Gasteiger partial charge in [-0.1, -0.05) is 0 Å². The Morgan fingerprint density at radius 2 is 2.21 bits per heavy atom. The van der Waals surface area contributed by atoms with Crippen LogP contribution in [-0.2, 0) is 7.05 Å². The third-order valence-electron chi connectivity index (χ3n) is 5.07. The normalized spacial score (nSPS) is 23.9. The van der Waals surface area contributed by atoms with Gasteiger partial charge in [-0.2, -0.15) is 10.2 Å². The summed E-state index contributed by atoms with van der Waals surface area (Å²) in [5.74, 6) is 1.44. The molecule has 1 amide bonds. The molecule has 4 rings (SSSR count). The summed E-state index contributed by atoms with van der Waals surface area (Å²) in [5.41, 5.74) is 1.32. The molecule has 2 aromatic heterocycles. The van der Waals surface area contributed by atoms with E-state index in [9.17, 15) is 9.18 Å². The second-order valence-corrected chi connectivity index (χ2v) is 6.88. The molecular weight excluding hydrogens is 311 g/mol. The largest absolute Gasteiger partial charge is 0.336 e. The molecule has 24 heavy (non-hydrogen) atoms. The predicted octanol–water partition coefficient (Wildman–Crippen LogP) is 1.55. The lowest BCUT2D eigenvalue weighted by molar-refractivity contribution is 0.0778. The van der Waals surface area contributed by atoms with Crippen LogP contribution in [0, 0.1) is 12.8 Å². The Balaban J connectivity index is 1.53. The van der Waals surface area contributed by atoms with Gasteiger partial charge in [0.2, 0.25) is 0 Å². The summed E-state index contributed by atoms with van der Waals surface area (Å²) in [6.07, 6.45) is 2.25. The van der Waals surface area contributed by atoms with Gasteiger partial charge in [0.1, 0.15) is 5.82 Å². The number of aryl methyl sites for hydroxylation is 2. The van der Waals surface area contributed by atoms with Crippen molar-refractivity contribution in [1.29, 1.82) is 0 Å². The first-order chi connectivity index (χ1) is 11.6. The fourth-order valence-electron chi connectivity index (χ4n) is 3.31. The number of aromatic nitrogens is 5. The molecule has 2 aromatic rings. The Kier molecular flexibility index (Phi) is 3.62. The molecule has 2 fully saturated rings. The standard InChI is InChI=1S/C16H21FN6O/c1-9-5-13(21-22(9)2)16(24)23-7-11(6-17)12(8-23)15-18-14(19-20-15)10-3-4-10/h5,10-12H,3-4,6-8H2,1-2H3,(H,18,19,20)/t11-,12-/m1/s1. The van der Waals surface area contributed by atoms with Crippen LogP contribution < -0.4 is 0 Å². The summed E-state index contributed by atoms with van der Waals surface area (Å²) in [5, 5.41) is 11.5. The van der Waals surface area contributed by atoms with Gasteiger partial charge in [-0.3, -0.25) is 19.0 Å². The van der Waals surface area contributed by atoms with Gasteiger partial charge in [-0.15, -0.1) is 0 Å². The highest BCUT2D eigenvalue weighted by atomic mass is 19.1. The van der Waals surface area contributed by atoms with E-state index >= 15 is 0 Å². The number of hydrogen-bond donors (Lipinski definition) is 1. The van der Waals surface area contributed by atoms with Gasteiger partial charge in [-0.25, -0.2) is 4.98 Å². The molecule has 0 bridgehead atoms. The number of nitrogens with one attached hydrogen (secondary N) is 1. The van der Waals surface area contributed by atoms with E-state index in [2.05, 4.69) is 20.3 Å². The van der Waals surface area contributed by atoms with Gasteiger partial charge in [0.25, 0.3) is 5.91 Å². The molecule has 0 aromatic carbocycles. The number of alkyl halides is 1. The highest BCUT2D eigenvalue weighted by Gasteiger charge is 2.39. The monoisotopic (exact) mass is 332 g/mol. The summed E-state index contributed by atoms with van der Waals surface area (Å²) in [6, 6.07) is 1.76. The molecule has 0 radical (unpaired) electrons. The van der Waals surface area contributed by atoms with Crippen LogP contribution in [-0.4, -0.2) is 55.5 Å². The van der Waals surface area contributed by atoms with Gasteiger partial charge in [0.15, 0.2) is 11.5 Å². The lowest BCUT2D eigenvalue weighted by Gasteiger charge is -2.14.